The maximum atomic E-state index is 2.40. The number of benzene rings is 2. The first-order valence-corrected chi connectivity index (χ1v) is 8.09. The van der Waals surface area contributed by atoms with E-state index >= 15 is 0 Å². The van der Waals surface area contributed by atoms with E-state index in [1.807, 2.05) is 0 Å². The van der Waals surface area contributed by atoms with Gasteiger partial charge in [-0.1, -0.05) is 0 Å². The Morgan fingerprint density at radius 1 is 1.00 bits per heavy atom. The van der Waals surface area contributed by atoms with Crippen LogP contribution in [0.15, 0.2) is 66.7 Å². The van der Waals surface area contributed by atoms with Crippen LogP contribution in [0.4, 0.5) is 0 Å². The Balaban J connectivity index is 2.21. The summed E-state index contributed by atoms with van der Waals surface area (Å²) in [7, 11) is 0. The summed E-state index contributed by atoms with van der Waals surface area (Å²) in [5, 5.41) is 1.32. The molecule has 0 spiro atoms. The summed E-state index contributed by atoms with van der Waals surface area (Å²) in [5.41, 5.74) is 5.25. The Hall–Kier alpha value is -1.36. The van der Waals surface area contributed by atoms with Crippen LogP contribution >= 0.6 is 0 Å². The van der Waals surface area contributed by atoms with Gasteiger partial charge < -0.3 is 0 Å². The number of para-hydroxylation sites is 1. The molecule has 0 N–H and O–H groups in total. The van der Waals surface area contributed by atoms with Crippen LogP contribution in [0, 0.1) is 0 Å². The van der Waals surface area contributed by atoms with Crippen LogP contribution in [0.25, 0.3) is 16.5 Å². The van der Waals surface area contributed by atoms with Crippen LogP contribution in [-0.4, -0.2) is 28.4 Å². The van der Waals surface area contributed by atoms with Gasteiger partial charge in [0.15, 0.2) is 0 Å². The van der Waals surface area contributed by atoms with Crippen LogP contribution in [0.1, 0.15) is 18.2 Å². The van der Waals surface area contributed by atoms with E-state index in [-0.39, 0.29) is 0 Å². The number of rotatable bonds is 2. The molecular formula is C17H14NPb. The molecular weight excluding hydrogens is 425 g/mol. The van der Waals surface area contributed by atoms with Gasteiger partial charge in [-0.2, -0.15) is 0 Å². The van der Waals surface area contributed by atoms with Gasteiger partial charge in [0.2, 0.25) is 0 Å². The second-order valence-electron chi connectivity index (χ2n) is 4.49. The molecule has 3 radical (unpaired) electrons. The summed E-state index contributed by atoms with van der Waals surface area (Å²) in [5.74, 6) is 0. The molecule has 2 heteroatoms. The zero-order valence-electron chi connectivity index (χ0n) is 10.8. The Labute approximate surface area is 129 Å². The quantitative estimate of drug-likeness (QED) is 0.532. The molecule has 0 aliphatic heterocycles. The molecule has 1 nitrogen and oxygen atoms in total. The number of nitrogens with zero attached hydrogens (tertiary/aromatic N) is 1. The predicted molar refractivity (Wildman–Crippen MR) is 82.3 cm³/mol. The minimum atomic E-state index is 0.990. The van der Waals surface area contributed by atoms with Crippen molar-refractivity contribution >= 4 is 42.5 Å². The van der Waals surface area contributed by atoms with Gasteiger partial charge in [0.05, 0.1) is 0 Å². The number of aromatic nitrogens is 1. The summed E-state index contributed by atoms with van der Waals surface area (Å²) in [6.45, 7) is 2.11. The molecule has 1 aromatic heterocycles. The molecule has 1 heterocycles. The van der Waals surface area contributed by atoms with E-state index in [1.165, 1.54) is 27.7 Å². The summed E-state index contributed by atoms with van der Waals surface area (Å²) >= 11 is 0.990. The van der Waals surface area contributed by atoms with E-state index in [2.05, 4.69) is 76.0 Å². The van der Waals surface area contributed by atoms with Gasteiger partial charge in [0.1, 0.15) is 0 Å². The number of allylic oxidation sites excluding steroid dienone is 1. The fraction of sp³-hybridized carbons (Fsp3) is 0.0588. The molecule has 91 valence electrons. The fourth-order valence-electron chi connectivity index (χ4n) is 2.43. The molecule has 19 heavy (non-hydrogen) atoms. The maximum absolute atomic E-state index is 2.40. The molecule has 2 aromatic carbocycles. The molecule has 3 aromatic rings. The average molecular weight is 440 g/mol. The third kappa shape index (κ3) is 2.27. The molecule has 0 aliphatic rings. The standard InChI is InChI=1S/C17H14N.Pb/c1-2-15(13-8-4-3-5-9-13)17-12-14-10-6-7-11-16(14)18-17;/h2-12H,1H3;/q-1;+1/b15-2+;. The molecule has 0 aliphatic carbocycles. The molecule has 0 atom stereocenters. The molecule has 0 unspecified atom stereocenters. The van der Waals surface area contributed by atoms with Crippen LogP contribution < -0.4 is 0 Å². The molecule has 0 fully saturated rings. The molecule has 0 saturated carbocycles. The molecule has 3 rings (SSSR count). The van der Waals surface area contributed by atoms with Gasteiger partial charge in [-0.05, 0) is 0 Å². The van der Waals surface area contributed by atoms with E-state index in [0.29, 0.717) is 0 Å². The van der Waals surface area contributed by atoms with Gasteiger partial charge >= 0.3 is 130 Å². The van der Waals surface area contributed by atoms with Crippen molar-refractivity contribution in [2.75, 3.05) is 0 Å². The summed E-state index contributed by atoms with van der Waals surface area (Å²) in [6, 6.07) is 21.5. The van der Waals surface area contributed by atoms with Crippen molar-refractivity contribution < 1.29 is 0 Å². The van der Waals surface area contributed by atoms with Crippen molar-refractivity contribution in [3.05, 3.63) is 78.0 Å². The first kappa shape index (κ1) is 12.7. The second-order valence-corrected chi connectivity index (χ2v) is 6.23. The fourth-order valence-corrected chi connectivity index (χ4v) is 3.94. The zero-order valence-corrected chi connectivity index (χ0v) is 14.7. The van der Waals surface area contributed by atoms with Gasteiger partial charge in [-0.25, -0.2) is 0 Å². The van der Waals surface area contributed by atoms with Crippen molar-refractivity contribution in [3.8, 4) is 0 Å². The van der Waals surface area contributed by atoms with Gasteiger partial charge in [-0.3, -0.25) is 0 Å². The Kier molecular flexibility index (Phi) is 3.55. The summed E-state index contributed by atoms with van der Waals surface area (Å²) in [4.78, 5) is 0. The Morgan fingerprint density at radius 3 is 2.37 bits per heavy atom. The monoisotopic (exact) mass is 440 g/mol. The SMILES string of the molecule is C/C=C(\c1ccccc1)c1cc2ccccc2[n]1[Pb]. The third-order valence-electron chi connectivity index (χ3n) is 3.36. The van der Waals surface area contributed by atoms with Crippen molar-refractivity contribution in [3.63, 3.8) is 0 Å². The van der Waals surface area contributed by atoms with Gasteiger partial charge in [0.25, 0.3) is 0 Å². The summed E-state index contributed by atoms with van der Waals surface area (Å²) < 4.78 is 2.40. The predicted octanol–water partition coefficient (Wildman–Crippen LogP) is 4.02. The first-order chi connectivity index (χ1) is 9.31. The number of hydrogen-bond acceptors (Lipinski definition) is 0. The van der Waals surface area contributed by atoms with Gasteiger partial charge in [0, 0.05) is 0 Å². The van der Waals surface area contributed by atoms with Crippen LogP contribution in [-0.2, 0) is 0 Å². The molecule has 0 amide bonds. The van der Waals surface area contributed by atoms with Crippen LogP contribution in [0.2, 0.25) is 0 Å². The van der Waals surface area contributed by atoms with E-state index in [1.54, 1.807) is 0 Å². The number of hydrogen-bond donors (Lipinski definition) is 0. The van der Waals surface area contributed by atoms with E-state index < -0.39 is 0 Å². The Morgan fingerprint density at radius 2 is 1.68 bits per heavy atom. The van der Waals surface area contributed by atoms with Gasteiger partial charge in [-0.15, -0.1) is 0 Å². The summed E-state index contributed by atoms with van der Waals surface area (Å²) in [6.07, 6.45) is 2.21. The molecule has 0 bridgehead atoms. The van der Waals surface area contributed by atoms with Crippen molar-refractivity contribution in [2.24, 2.45) is 0 Å². The minimum absolute atomic E-state index is 0.990. The van der Waals surface area contributed by atoms with Crippen LogP contribution in [0.5, 0.6) is 0 Å². The normalized spacial score (nSPS) is 12.0. The second kappa shape index (κ2) is 5.33. The molecule has 0 saturated heterocycles. The van der Waals surface area contributed by atoms with E-state index in [0.717, 1.165) is 26.1 Å². The van der Waals surface area contributed by atoms with Crippen molar-refractivity contribution in [1.29, 1.82) is 0 Å². The van der Waals surface area contributed by atoms with Crippen LogP contribution in [0.3, 0.4) is 0 Å². The zero-order chi connectivity index (χ0) is 13.2. The van der Waals surface area contributed by atoms with E-state index in [4.69, 9.17) is 0 Å². The van der Waals surface area contributed by atoms with Crippen molar-refractivity contribution in [1.82, 2.24) is 2.38 Å². The topological polar surface area (TPSA) is 4.93 Å². The first-order valence-electron chi connectivity index (χ1n) is 6.35. The average Bonchev–Trinajstić information content (AvgIpc) is 2.79. The van der Waals surface area contributed by atoms with E-state index in [9.17, 15) is 0 Å². The van der Waals surface area contributed by atoms with Crippen molar-refractivity contribution in [2.45, 2.75) is 6.92 Å². The third-order valence-corrected chi connectivity index (χ3v) is 5.23. The number of fused-ring (bicyclic) bond motifs is 1. The Bertz CT molecular complexity index is 738.